The van der Waals surface area contributed by atoms with Crippen LogP contribution in [-0.4, -0.2) is 29.9 Å². The van der Waals surface area contributed by atoms with E-state index in [1.807, 2.05) is 80.8 Å². The predicted molar refractivity (Wildman–Crippen MR) is 170 cm³/mol. The Balaban J connectivity index is 1.34. The quantitative estimate of drug-likeness (QED) is 0.207. The van der Waals surface area contributed by atoms with Crippen LogP contribution in [0, 0.1) is 6.92 Å². The number of hydrogen-bond acceptors (Lipinski definition) is 6. The first-order chi connectivity index (χ1) is 21.2. The van der Waals surface area contributed by atoms with Crippen molar-refractivity contribution in [1.82, 2.24) is 29.9 Å². The van der Waals surface area contributed by atoms with Gasteiger partial charge in [0.1, 0.15) is 5.82 Å². The lowest BCUT2D eigenvalue weighted by molar-refractivity contribution is 0.810. The van der Waals surface area contributed by atoms with Gasteiger partial charge in [-0.3, -0.25) is 19.9 Å². The summed E-state index contributed by atoms with van der Waals surface area (Å²) >= 11 is 0. The average molecular weight is 557 g/mol. The fraction of sp³-hybridized carbons (Fsp3) is 0.0811. The summed E-state index contributed by atoms with van der Waals surface area (Å²) in [7, 11) is 0. The molecule has 0 fully saturated rings. The largest absolute Gasteiger partial charge is 0.265 e. The molecule has 6 heteroatoms. The van der Waals surface area contributed by atoms with Gasteiger partial charge < -0.3 is 0 Å². The number of benzene rings is 1. The SMILES string of the molecule is Cc1nc(-c2cc(-c3ccncc3)cc(-c3ccncc3)c2)cc(C2C=C(c3ccncc3)C=C(c3ccncc3)C2)n1. The van der Waals surface area contributed by atoms with Crippen molar-refractivity contribution < 1.29 is 0 Å². The highest BCUT2D eigenvalue weighted by molar-refractivity contribution is 5.87. The Hall–Kier alpha value is -5.62. The number of aryl methyl sites for hydroxylation is 1. The van der Waals surface area contributed by atoms with E-state index >= 15 is 0 Å². The van der Waals surface area contributed by atoms with Gasteiger partial charge in [-0.15, -0.1) is 0 Å². The Bertz CT molecular complexity index is 1880. The van der Waals surface area contributed by atoms with Crippen molar-refractivity contribution in [2.75, 3.05) is 0 Å². The second-order valence-electron chi connectivity index (χ2n) is 10.6. The first kappa shape index (κ1) is 26.3. The van der Waals surface area contributed by atoms with Gasteiger partial charge >= 0.3 is 0 Å². The fourth-order valence-corrected chi connectivity index (χ4v) is 5.61. The summed E-state index contributed by atoms with van der Waals surface area (Å²) in [6.45, 7) is 1.97. The zero-order valence-electron chi connectivity index (χ0n) is 23.7. The van der Waals surface area contributed by atoms with Gasteiger partial charge in [-0.05, 0) is 131 Å². The third-order valence-corrected chi connectivity index (χ3v) is 7.71. The molecule has 1 aliphatic rings. The number of pyridine rings is 4. The Labute approximate surface area is 250 Å². The third-order valence-electron chi connectivity index (χ3n) is 7.71. The maximum absolute atomic E-state index is 4.98. The maximum atomic E-state index is 4.98. The van der Waals surface area contributed by atoms with Gasteiger partial charge in [0.05, 0.1) is 11.4 Å². The first-order valence-corrected chi connectivity index (χ1v) is 14.2. The van der Waals surface area contributed by atoms with Crippen molar-refractivity contribution in [2.24, 2.45) is 0 Å². The van der Waals surface area contributed by atoms with Crippen LogP contribution in [0.2, 0.25) is 0 Å². The normalized spacial score (nSPS) is 14.6. The van der Waals surface area contributed by atoms with Crippen LogP contribution in [0.3, 0.4) is 0 Å². The van der Waals surface area contributed by atoms with Crippen LogP contribution in [0.5, 0.6) is 0 Å². The highest BCUT2D eigenvalue weighted by Crippen LogP contribution is 2.39. The molecule has 0 aliphatic heterocycles. The van der Waals surface area contributed by atoms with Gasteiger partial charge in [-0.1, -0.05) is 12.2 Å². The van der Waals surface area contributed by atoms with Crippen molar-refractivity contribution in [3.63, 3.8) is 0 Å². The lowest BCUT2D eigenvalue weighted by Gasteiger charge is -2.23. The van der Waals surface area contributed by atoms with Gasteiger partial charge in [0, 0.05) is 61.1 Å². The minimum absolute atomic E-state index is 0.0693. The standard InChI is InChI=1S/C37H28N6/c1-25-42-36(34-20-30(26-2-10-38-11-3-26)18-31(21-34)27-4-12-39-13-5-27)24-37(43-25)35-22-32(28-6-14-40-15-7-28)19-33(23-35)29-8-16-41-17-9-29/h2-22,24,35H,23H2,1H3. The minimum atomic E-state index is 0.0693. The summed E-state index contributed by atoms with van der Waals surface area (Å²) in [5.74, 6) is 0.811. The maximum Gasteiger partial charge on any atom is 0.126 e. The Morgan fingerprint density at radius 2 is 1.00 bits per heavy atom. The molecule has 5 aromatic heterocycles. The molecular formula is C37H28N6. The van der Waals surface area contributed by atoms with Crippen molar-refractivity contribution in [1.29, 1.82) is 0 Å². The lowest BCUT2D eigenvalue weighted by atomic mass is 9.83. The zero-order chi connectivity index (χ0) is 29.0. The fourth-order valence-electron chi connectivity index (χ4n) is 5.61. The average Bonchev–Trinajstić information content (AvgIpc) is 3.09. The van der Waals surface area contributed by atoms with Gasteiger partial charge in [0.2, 0.25) is 0 Å². The summed E-state index contributed by atoms with van der Waals surface area (Å²) in [4.78, 5) is 26.8. The van der Waals surface area contributed by atoms with Crippen LogP contribution in [0.4, 0.5) is 0 Å². The molecule has 206 valence electrons. The second kappa shape index (κ2) is 11.7. The third kappa shape index (κ3) is 5.76. The van der Waals surface area contributed by atoms with E-state index in [4.69, 9.17) is 9.97 Å². The van der Waals surface area contributed by atoms with Gasteiger partial charge in [-0.2, -0.15) is 0 Å². The Morgan fingerprint density at radius 3 is 1.56 bits per heavy atom. The molecule has 5 heterocycles. The van der Waals surface area contributed by atoms with E-state index in [2.05, 4.69) is 80.6 Å². The number of nitrogens with zero attached hydrogens (tertiary/aromatic N) is 6. The van der Waals surface area contributed by atoms with E-state index in [1.54, 1.807) is 0 Å². The van der Waals surface area contributed by atoms with Crippen molar-refractivity contribution in [3.8, 4) is 33.5 Å². The molecule has 0 saturated carbocycles. The molecule has 1 atom stereocenters. The second-order valence-corrected chi connectivity index (χ2v) is 10.6. The van der Waals surface area contributed by atoms with Gasteiger partial charge in [0.15, 0.2) is 0 Å². The molecule has 6 nitrogen and oxygen atoms in total. The van der Waals surface area contributed by atoms with Crippen molar-refractivity contribution in [3.05, 3.63) is 157 Å². The summed E-state index contributed by atoms with van der Waals surface area (Å²) in [5.41, 5.74) is 12.0. The van der Waals surface area contributed by atoms with Crippen LogP contribution in [-0.2, 0) is 0 Å². The first-order valence-electron chi connectivity index (χ1n) is 14.2. The minimum Gasteiger partial charge on any atom is -0.265 e. The van der Waals surface area contributed by atoms with Gasteiger partial charge in [-0.25, -0.2) is 9.97 Å². The molecule has 0 spiro atoms. The molecule has 0 radical (unpaired) electrons. The van der Waals surface area contributed by atoms with Crippen LogP contribution >= 0.6 is 0 Å². The highest BCUT2D eigenvalue weighted by Gasteiger charge is 2.22. The van der Waals surface area contributed by atoms with Crippen molar-refractivity contribution >= 4 is 11.1 Å². The number of rotatable bonds is 6. The van der Waals surface area contributed by atoms with Crippen LogP contribution in [0.1, 0.15) is 35.0 Å². The molecule has 43 heavy (non-hydrogen) atoms. The lowest BCUT2D eigenvalue weighted by Crippen LogP contribution is -2.08. The van der Waals surface area contributed by atoms with Crippen LogP contribution in [0.15, 0.2) is 135 Å². The molecule has 1 aliphatic carbocycles. The molecule has 6 aromatic rings. The van der Waals surface area contributed by atoms with Crippen molar-refractivity contribution in [2.45, 2.75) is 19.3 Å². The van der Waals surface area contributed by atoms with E-state index in [0.717, 1.165) is 68.2 Å². The smallest absolute Gasteiger partial charge is 0.126 e. The summed E-state index contributed by atoms with van der Waals surface area (Å²) in [6, 6.07) is 25.1. The Kier molecular flexibility index (Phi) is 7.15. The van der Waals surface area contributed by atoms with E-state index in [1.165, 1.54) is 5.57 Å². The molecule has 7 rings (SSSR count). The molecule has 1 unspecified atom stereocenters. The van der Waals surface area contributed by atoms with E-state index < -0.39 is 0 Å². The molecule has 0 saturated heterocycles. The molecule has 0 amide bonds. The highest BCUT2D eigenvalue weighted by atomic mass is 14.9. The zero-order valence-corrected chi connectivity index (χ0v) is 23.7. The van der Waals surface area contributed by atoms with E-state index in [0.29, 0.717) is 0 Å². The topological polar surface area (TPSA) is 77.3 Å². The summed E-state index contributed by atoms with van der Waals surface area (Å²) in [5, 5.41) is 0. The molecule has 0 N–H and O–H groups in total. The molecular weight excluding hydrogens is 528 g/mol. The van der Waals surface area contributed by atoms with Crippen LogP contribution in [0.25, 0.3) is 44.7 Å². The van der Waals surface area contributed by atoms with E-state index in [9.17, 15) is 0 Å². The number of hydrogen-bond donors (Lipinski definition) is 0. The Morgan fingerprint density at radius 1 is 0.512 bits per heavy atom. The summed E-state index contributed by atoms with van der Waals surface area (Å²) < 4.78 is 0. The number of allylic oxidation sites excluding steroid dienone is 4. The van der Waals surface area contributed by atoms with Gasteiger partial charge in [0.25, 0.3) is 0 Å². The monoisotopic (exact) mass is 556 g/mol. The number of aromatic nitrogens is 6. The molecule has 0 bridgehead atoms. The summed E-state index contributed by atoms with van der Waals surface area (Å²) in [6.07, 6.45) is 20.1. The predicted octanol–water partition coefficient (Wildman–Crippen LogP) is 8.02. The van der Waals surface area contributed by atoms with E-state index in [-0.39, 0.29) is 5.92 Å². The molecule has 1 aromatic carbocycles. The van der Waals surface area contributed by atoms with Crippen LogP contribution < -0.4 is 0 Å².